The highest BCUT2D eigenvalue weighted by Gasteiger charge is 2.06. The van der Waals surface area contributed by atoms with Gasteiger partial charge in [-0.1, -0.05) is 0 Å². The number of esters is 1. The lowest BCUT2D eigenvalue weighted by atomic mass is 10.2. The SMILES string of the molecule is COC(=O)CCCc1nc(-c2cccnc2)cs1. The lowest BCUT2D eigenvalue weighted by Gasteiger charge is -1.97. The Hall–Kier alpha value is -1.75. The van der Waals surface area contributed by atoms with E-state index in [2.05, 4.69) is 14.7 Å². The van der Waals surface area contributed by atoms with Crippen molar-refractivity contribution in [2.75, 3.05) is 7.11 Å². The third-order valence-corrected chi connectivity index (χ3v) is 3.42. The van der Waals surface area contributed by atoms with E-state index in [1.807, 2.05) is 17.5 Å². The first-order valence-electron chi connectivity index (χ1n) is 5.71. The number of nitrogens with zero attached hydrogens (tertiary/aromatic N) is 2. The minimum Gasteiger partial charge on any atom is -0.469 e. The standard InChI is InChI=1S/C13H14N2O2S/c1-17-13(16)6-2-5-12-15-11(9-18-12)10-4-3-7-14-8-10/h3-4,7-9H,2,5-6H2,1H3. The molecule has 0 fully saturated rings. The first kappa shape index (κ1) is 12.7. The summed E-state index contributed by atoms with van der Waals surface area (Å²) in [6.45, 7) is 0. The molecule has 4 nitrogen and oxygen atoms in total. The number of rotatable bonds is 5. The van der Waals surface area contributed by atoms with Crippen LogP contribution in [0, 0.1) is 0 Å². The Morgan fingerprint density at radius 2 is 2.39 bits per heavy atom. The molecule has 0 aromatic carbocycles. The molecule has 0 saturated heterocycles. The Bertz CT molecular complexity index is 511. The highest BCUT2D eigenvalue weighted by molar-refractivity contribution is 7.09. The van der Waals surface area contributed by atoms with E-state index in [0.717, 1.165) is 29.1 Å². The number of ether oxygens (including phenoxy) is 1. The number of hydrogen-bond donors (Lipinski definition) is 0. The number of hydrogen-bond acceptors (Lipinski definition) is 5. The van der Waals surface area contributed by atoms with Crippen molar-refractivity contribution >= 4 is 17.3 Å². The van der Waals surface area contributed by atoms with Gasteiger partial charge in [0.15, 0.2) is 0 Å². The van der Waals surface area contributed by atoms with Crippen molar-refractivity contribution in [2.45, 2.75) is 19.3 Å². The van der Waals surface area contributed by atoms with Crippen LogP contribution in [0.3, 0.4) is 0 Å². The monoisotopic (exact) mass is 262 g/mol. The summed E-state index contributed by atoms with van der Waals surface area (Å²) in [6.07, 6.45) is 5.56. The summed E-state index contributed by atoms with van der Waals surface area (Å²) in [5.41, 5.74) is 1.97. The van der Waals surface area contributed by atoms with E-state index in [4.69, 9.17) is 0 Å². The van der Waals surface area contributed by atoms with Gasteiger partial charge in [-0.05, 0) is 25.0 Å². The van der Waals surface area contributed by atoms with E-state index in [1.165, 1.54) is 7.11 Å². The van der Waals surface area contributed by atoms with Gasteiger partial charge in [0.2, 0.25) is 0 Å². The van der Waals surface area contributed by atoms with Crippen LogP contribution in [0.15, 0.2) is 29.9 Å². The van der Waals surface area contributed by atoms with E-state index in [1.54, 1.807) is 23.7 Å². The molecule has 2 aromatic rings. The number of aryl methyl sites for hydroxylation is 1. The van der Waals surface area contributed by atoms with Crippen molar-refractivity contribution in [3.05, 3.63) is 34.9 Å². The van der Waals surface area contributed by atoms with Gasteiger partial charge in [-0.2, -0.15) is 0 Å². The molecule has 0 amide bonds. The Balaban J connectivity index is 1.93. The molecule has 18 heavy (non-hydrogen) atoms. The normalized spacial score (nSPS) is 10.3. The van der Waals surface area contributed by atoms with Crippen molar-refractivity contribution in [3.63, 3.8) is 0 Å². The van der Waals surface area contributed by atoms with Crippen molar-refractivity contribution in [2.24, 2.45) is 0 Å². The zero-order chi connectivity index (χ0) is 12.8. The Morgan fingerprint density at radius 3 is 3.11 bits per heavy atom. The van der Waals surface area contributed by atoms with Gasteiger partial charge in [0.1, 0.15) is 0 Å². The molecule has 0 atom stereocenters. The molecule has 5 heteroatoms. The summed E-state index contributed by atoms with van der Waals surface area (Å²) < 4.78 is 4.60. The molecular weight excluding hydrogens is 248 g/mol. The van der Waals surface area contributed by atoms with Crippen LogP contribution < -0.4 is 0 Å². The number of methoxy groups -OCH3 is 1. The summed E-state index contributed by atoms with van der Waals surface area (Å²) >= 11 is 1.61. The quantitative estimate of drug-likeness (QED) is 0.777. The number of thiazole rings is 1. The second kappa shape index (κ2) is 6.26. The van der Waals surface area contributed by atoms with Crippen molar-refractivity contribution in [1.82, 2.24) is 9.97 Å². The van der Waals surface area contributed by atoms with Gasteiger partial charge in [0, 0.05) is 29.8 Å². The van der Waals surface area contributed by atoms with Gasteiger partial charge in [-0.25, -0.2) is 4.98 Å². The summed E-state index contributed by atoms with van der Waals surface area (Å²) in [6, 6.07) is 3.88. The third-order valence-electron chi connectivity index (χ3n) is 2.51. The smallest absolute Gasteiger partial charge is 0.305 e. The van der Waals surface area contributed by atoms with Gasteiger partial charge in [-0.15, -0.1) is 11.3 Å². The second-order valence-electron chi connectivity index (χ2n) is 3.80. The maximum Gasteiger partial charge on any atom is 0.305 e. The molecule has 0 aliphatic carbocycles. The molecule has 0 aliphatic rings. The maximum atomic E-state index is 11.0. The van der Waals surface area contributed by atoms with Crippen LogP contribution in [0.1, 0.15) is 17.8 Å². The van der Waals surface area contributed by atoms with Crippen LogP contribution in [0.2, 0.25) is 0 Å². The zero-order valence-electron chi connectivity index (χ0n) is 10.1. The minimum absolute atomic E-state index is 0.168. The van der Waals surface area contributed by atoms with Crippen LogP contribution in [0.5, 0.6) is 0 Å². The average Bonchev–Trinajstić information content (AvgIpc) is 2.88. The van der Waals surface area contributed by atoms with Gasteiger partial charge in [0.25, 0.3) is 0 Å². The lowest BCUT2D eigenvalue weighted by Crippen LogP contribution is -2.00. The van der Waals surface area contributed by atoms with Crippen molar-refractivity contribution in [3.8, 4) is 11.3 Å². The second-order valence-corrected chi connectivity index (χ2v) is 4.74. The van der Waals surface area contributed by atoms with Gasteiger partial charge < -0.3 is 4.74 Å². The Kier molecular flexibility index (Phi) is 4.41. The molecule has 0 saturated carbocycles. The van der Waals surface area contributed by atoms with Crippen LogP contribution in [0.25, 0.3) is 11.3 Å². The van der Waals surface area contributed by atoms with Crippen LogP contribution in [0.4, 0.5) is 0 Å². The fourth-order valence-electron chi connectivity index (χ4n) is 1.56. The van der Waals surface area contributed by atoms with E-state index in [0.29, 0.717) is 6.42 Å². The molecule has 0 bridgehead atoms. The largest absolute Gasteiger partial charge is 0.469 e. The lowest BCUT2D eigenvalue weighted by molar-refractivity contribution is -0.140. The molecular formula is C13H14N2O2S. The van der Waals surface area contributed by atoms with Crippen LogP contribution in [-0.2, 0) is 16.0 Å². The summed E-state index contributed by atoms with van der Waals surface area (Å²) in [7, 11) is 1.41. The molecule has 0 aliphatic heterocycles. The van der Waals surface area contributed by atoms with Gasteiger partial charge in [-0.3, -0.25) is 9.78 Å². The molecule has 0 unspecified atom stereocenters. The highest BCUT2D eigenvalue weighted by Crippen LogP contribution is 2.21. The average molecular weight is 262 g/mol. The molecule has 0 radical (unpaired) electrons. The molecule has 0 N–H and O–H groups in total. The van der Waals surface area contributed by atoms with Crippen LogP contribution in [-0.4, -0.2) is 23.0 Å². The molecule has 2 aromatic heterocycles. The van der Waals surface area contributed by atoms with E-state index in [-0.39, 0.29) is 5.97 Å². The fraction of sp³-hybridized carbons (Fsp3) is 0.308. The van der Waals surface area contributed by atoms with Crippen molar-refractivity contribution < 1.29 is 9.53 Å². The predicted molar refractivity (Wildman–Crippen MR) is 70.3 cm³/mol. The van der Waals surface area contributed by atoms with E-state index < -0.39 is 0 Å². The van der Waals surface area contributed by atoms with Crippen molar-refractivity contribution in [1.29, 1.82) is 0 Å². The Labute approximate surface area is 110 Å². The number of pyridine rings is 1. The van der Waals surface area contributed by atoms with Crippen LogP contribution >= 0.6 is 11.3 Å². The molecule has 2 heterocycles. The first-order valence-corrected chi connectivity index (χ1v) is 6.59. The third kappa shape index (κ3) is 3.37. The Morgan fingerprint density at radius 1 is 1.50 bits per heavy atom. The van der Waals surface area contributed by atoms with Gasteiger partial charge in [0.05, 0.1) is 17.8 Å². The molecule has 0 spiro atoms. The molecule has 2 rings (SSSR count). The summed E-state index contributed by atoms with van der Waals surface area (Å²) in [4.78, 5) is 19.6. The van der Waals surface area contributed by atoms with E-state index in [9.17, 15) is 4.79 Å². The van der Waals surface area contributed by atoms with Gasteiger partial charge >= 0.3 is 5.97 Å². The first-order chi connectivity index (χ1) is 8.79. The zero-order valence-corrected chi connectivity index (χ0v) is 10.9. The number of aromatic nitrogens is 2. The maximum absolute atomic E-state index is 11.0. The summed E-state index contributed by atoms with van der Waals surface area (Å²) in [5, 5.41) is 3.06. The topological polar surface area (TPSA) is 52.1 Å². The minimum atomic E-state index is -0.168. The highest BCUT2D eigenvalue weighted by atomic mass is 32.1. The van der Waals surface area contributed by atoms with E-state index >= 15 is 0 Å². The number of carbonyl (C=O) groups is 1. The predicted octanol–water partition coefficient (Wildman–Crippen LogP) is 2.70. The fourth-order valence-corrected chi connectivity index (χ4v) is 2.41. The summed E-state index contributed by atoms with van der Waals surface area (Å²) in [5.74, 6) is -0.168. The number of carbonyl (C=O) groups excluding carboxylic acids is 1. The molecule has 94 valence electrons.